The molecule has 15 heteroatoms. The number of alkyl halides is 9. The zero-order valence-electron chi connectivity index (χ0n) is 21.0. The van der Waals surface area contributed by atoms with Gasteiger partial charge in [0, 0.05) is 18.4 Å². The zero-order valence-corrected chi connectivity index (χ0v) is 21.0. The summed E-state index contributed by atoms with van der Waals surface area (Å²) >= 11 is 0. The van der Waals surface area contributed by atoms with Crippen LogP contribution in [0.3, 0.4) is 0 Å². The molecule has 1 aliphatic heterocycles. The lowest BCUT2D eigenvalue weighted by Gasteiger charge is -2.30. The zero-order chi connectivity index (χ0) is 30.4. The van der Waals surface area contributed by atoms with E-state index in [0.29, 0.717) is 16.4 Å². The second-order valence-corrected chi connectivity index (χ2v) is 9.30. The molecule has 2 N–H and O–H groups in total. The van der Waals surface area contributed by atoms with Crippen molar-refractivity contribution in [1.82, 2.24) is 20.1 Å². The second kappa shape index (κ2) is 10.5. The van der Waals surface area contributed by atoms with E-state index in [1.807, 2.05) is 0 Å². The van der Waals surface area contributed by atoms with E-state index in [-0.39, 0.29) is 41.0 Å². The Bertz CT molecular complexity index is 1620. The first-order valence-electron chi connectivity index (χ1n) is 12.2. The highest BCUT2D eigenvalue weighted by molar-refractivity contribution is 6.05. The molecule has 6 nitrogen and oxygen atoms in total. The maximum absolute atomic E-state index is 14.3. The van der Waals surface area contributed by atoms with Gasteiger partial charge in [0.1, 0.15) is 11.7 Å². The maximum Gasteiger partial charge on any atom is 0.434 e. The normalized spacial score (nSPS) is 15.8. The van der Waals surface area contributed by atoms with Gasteiger partial charge in [0.2, 0.25) is 0 Å². The number of hydrogen-bond acceptors (Lipinski definition) is 4. The van der Waals surface area contributed by atoms with Gasteiger partial charge in [-0.2, -0.15) is 44.6 Å². The van der Waals surface area contributed by atoms with Gasteiger partial charge in [-0.1, -0.05) is 24.3 Å². The van der Waals surface area contributed by atoms with Crippen LogP contribution in [0, 0.1) is 0 Å². The second-order valence-electron chi connectivity index (χ2n) is 9.30. The van der Waals surface area contributed by atoms with Crippen LogP contribution in [0.2, 0.25) is 0 Å². The lowest BCUT2D eigenvalue weighted by Crippen LogP contribution is -2.39. The minimum absolute atomic E-state index is 0.00887. The van der Waals surface area contributed by atoms with Crippen LogP contribution < -0.4 is 10.6 Å². The number of amides is 1. The lowest BCUT2D eigenvalue weighted by atomic mass is 9.92. The molecule has 1 amide bonds. The predicted molar refractivity (Wildman–Crippen MR) is 132 cm³/mol. The van der Waals surface area contributed by atoms with Crippen molar-refractivity contribution in [3.63, 3.8) is 0 Å². The molecule has 220 valence electrons. The van der Waals surface area contributed by atoms with E-state index >= 15 is 0 Å². The Morgan fingerprint density at radius 1 is 0.905 bits per heavy atom. The van der Waals surface area contributed by atoms with Crippen molar-refractivity contribution < 1.29 is 44.3 Å². The fourth-order valence-corrected chi connectivity index (χ4v) is 4.76. The molecule has 3 heterocycles. The number of carbonyl (C=O) groups is 1. The van der Waals surface area contributed by atoms with Gasteiger partial charge in [-0.15, -0.1) is 0 Å². The van der Waals surface area contributed by atoms with Crippen molar-refractivity contribution in [2.24, 2.45) is 0 Å². The van der Waals surface area contributed by atoms with Gasteiger partial charge in [-0.25, -0.2) is 4.68 Å². The van der Waals surface area contributed by atoms with Crippen molar-refractivity contribution in [2.45, 2.75) is 31.0 Å². The number of rotatable bonds is 4. The summed E-state index contributed by atoms with van der Waals surface area (Å²) in [4.78, 5) is 16.2. The van der Waals surface area contributed by atoms with Gasteiger partial charge in [0.15, 0.2) is 5.69 Å². The van der Waals surface area contributed by atoms with Gasteiger partial charge >= 0.3 is 18.5 Å². The van der Waals surface area contributed by atoms with Crippen LogP contribution in [-0.2, 0) is 18.8 Å². The smallest absolute Gasteiger partial charge is 0.322 e. The topological polar surface area (TPSA) is 71.8 Å². The fourth-order valence-electron chi connectivity index (χ4n) is 4.76. The van der Waals surface area contributed by atoms with Crippen molar-refractivity contribution in [2.75, 3.05) is 11.9 Å². The van der Waals surface area contributed by atoms with E-state index in [2.05, 4.69) is 20.7 Å². The Morgan fingerprint density at radius 3 is 2.26 bits per heavy atom. The molecular formula is C27H18F9N5O. The van der Waals surface area contributed by atoms with Gasteiger partial charge < -0.3 is 10.6 Å². The lowest BCUT2D eigenvalue weighted by molar-refractivity contribution is -0.159. The SMILES string of the molecule is O=C(Nc1ccc(-c2ccnc(C(F)(F)F)c2)cc1)c1cnn(-c2cccc3c2CCNC3C(F)(F)F)c1C(F)(F)F. The molecule has 0 bridgehead atoms. The monoisotopic (exact) mass is 599 g/mol. The number of halogens is 9. The first kappa shape index (κ1) is 29.1. The number of benzene rings is 2. The quantitative estimate of drug-likeness (QED) is 0.249. The molecule has 2 aromatic heterocycles. The predicted octanol–water partition coefficient (Wildman–Crippen LogP) is 6.97. The minimum atomic E-state index is -5.12. The molecular weight excluding hydrogens is 581 g/mol. The van der Waals surface area contributed by atoms with E-state index in [1.54, 1.807) is 0 Å². The molecule has 42 heavy (non-hydrogen) atoms. The Hall–Kier alpha value is -4.40. The summed E-state index contributed by atoms with van der Waals surface area (Å²) in [5.74, 6) is -1.20. The van der Waals surface area contributed by atoms with Crippen molar-refractivity contribution >= 4 is 11.6 Å². The molecule has 4 aromatic rings. The number of carbonyl (C=O) groups excluding carboxylic acids is 1. The molecule has 1 unspecified atom stereocenters. The van der Waals surface area contributed by atoms with E-state index < -0.39 is 47.4 Å². The van der Waals surface area contributed by atoms with Crippen molar-refractivity contribution in [1.29, 1.82) is 0 Å². The third-order valence-corrected chi connectivity index (χ3v) is 6.59. The van der Waals surface area contributed by atoms with E-state index in [9.17, 15) is 44.3 Å². The number of pyridine rings is 1. The Kier molecular flexibility index (Phi) is 7.25. The summed E-state index contributed by atoms with van der Waals surface area (Å²) in [6.45, 7) is -0.142. The number of anilines is 1. The Balaban J connectivity index is 1.46. The van der Waals surface area contributed by atoms with Crippen LogP contribution in [0.1, 0.15) is 38.9 Å². The molecule has 0 radical (unpaired) electrons. The molecule has 1 aliphatic rings. The van der Waals surface area contributed by atoms with Crippen LogP contribution >= 0.6 is 0 Å². The highest BCUT2D eigenvalue weighted by Gasteiger charge is 2.45. The molecule has 5 rings (SSSR count). The summed E-state index contributed by atoms with van der Waals surface area (Å²) in [7, 11) is 0. The third kappa shape index (κ3) is 5.68. The van der Waals surface area contributed by atoms with E-state index in [0.717, 1.165) is 12.3 Å². The third-order valence-electron chi connectivity index (χ3n) is 6.59. The summed E-state index contributed by atoms with van der Waals surface area (Å²) < 4.78 is 123. The number of hydrogen-bond donors (Lipinski definition) is 2. The average Bonchev–Trinajstić information content (AvgIpc) is 3.38. The average molecular weight is 599 g/mol. The van der Waals surface area contributed by atoms with Crippen LogP contribution in [0.25, 0.3) is 16.8 Å². The molecule has 2 aromatic carbocycles. The van der Waals surface area contributed by atoms with Gasteiger partial charge in [-0.3, -0.25) is 9.78 Å². The maximum atomic E-state index is 14.3. The van der Waals surface area contributed by atoms with Gasteiger partial charge in [0.05, 0.1) is 17.4 Å². The Morgan fingerprint density at radius 2 is 1.62 bits per heavy atom. The van der Waals surface area contributed by atoms with Crippen molar-refractivity contribution in [3.05, 3.63) is 95.1 Å². The Labute approximate surface area is 231 Å². The van der Waals surface area contributed by atoms with Crippen LogP contribution in [-0.4, -0.2) is 33.4 Å². The highest BCUT2D eigenvalue weighted by Crippen LogP contribution is 2.40. The summed E-state index contributed by atoms with van der Waals surface area (Å²) in [5.41, 5.74) is -3.41. The number of nitrogens with one attached hydrogen (secondary N) is 2. The molecule has 0 saturated heterocycles. The number of nitrogens with zero attached hydrogens (tertiary/aromatic N) is 3. The molecule has 0 spiro atoms. The molecule has 0 aliphatic carbocycles. The van der Waals surface area contributed by atoms with Crippen LogP contribution in [0.4, 0.5) is 45.2 Å². The van der Waals surface area contributed by atoms with Crippen LogP contribution in [0.15, 0.2) is 67.0 Å². The molecule has 0 fully saturated rings. The number of aromatic nitrogens is 3. The van der Waals surface area contributed by atoms with Crippen LogP contribution in [0.5, 0.6) is 0 Å². The van der Waals surface area contributed by atoms with E-state index in [4.69, 9.17) is 0 Å². The first-order chi connectivity index (χ1) is 19.6. The van der Waals surface area contributed by atoms with Crippen molar-refractivity contribution in [3.8, 4) is 16.8 Å². The molecule has 0 saturated carbocycles. The minimum Gasteiger partial charge on any atom is -0.322 e. The summed E-state index contributed by atoms with van der Waals surface area (Å²) in [5, 5.41) is 8.34. The highest BCUT2D eigenvalue weighted by atomic mass is 19.4. The number of fused-ring (bicyclic) bond motifs is 1. The van der Waals surface area contributed by atoms with Gasteiger partial charge in [-0.05, 0) is 59.0 Å². The van der Waals surface area contributed by atoms with E-state index in [1.165, 1.54) is 48.5 Å². The largest absolute Gasteiger partial charge is 0.434 e. The van der Waals surface area contributed by atoms with Gasteiger partial charge in [0.25, 0.3) is 5.91 Å². The fraction of sp³-hybridized carbons (Fsp3) is 0.222. The summed E-state index contributed by atoms with van der Waals surface area (Å²) in [6, 6.07) is 8.94. The first-order valence-corrected chi connectivity index (χ1v) is 12.2. The summed E-state index contributed by atoms with van der Waals surface area (Å²) in [6.07, 6.45) is -12.8. The standard InChI is InChI=1S/C27H18F9N5O/c28-25(29,30)21-12-15(8-10-37-21)14-4-6-16(7-5-14)40-24(42)19-13-39-41(23(19)27(34,35)36)20-3-1-2-18-17(20)9-11-38-22(18)26(31,32)33/h1-8,10,12-13,22,38H,9,11H2,(H,40,42). The molecule has 1 atom stereocenters.